The fourth-order valence-corrected chi connectivity index (χ4v) is 2.68. The van der Waals surface area contributed by atoms with E-state index in [1.807, 2.05) is 12.1 Å². The van der Waals surface area contributed by atoms with Gasteiger partial charge in [-0.05, 0) is 49.2 Å². The second kappa shape index (κ2) is 9.36. The van der Waals surface area contributed by atoms with Crippen LogP contribution in [0.5, 0.6) is 5.75 Å². The summed E-state index contributed by atoms with van der Waals surface area (Å²) in [6, 6.07) is 14.0. The molecule has 146 valence electrons. The van der Waals surface area contributed by atoms with Crippen LogP contribution in [0.3, 0.4) is 0 Å². The van der Waals surface area contributed by atoms with Gasteiger partial charge < -0.3 is 20.7 Å². The third-order valence-electron chi connectivity index (χ3n) is 3.97. The third-order valence-corrected chi connectivity index (χ3v) is 4.50. The van der Waals surface area contributed by atoms with Gasteiger partial charge >= 0.3 is 0 Å². The van der Waals surface area contributed by atoms with E-state index >= 15 is 0 Å². The molecule has 0 bridgehead atoms. The van der Waals surface area contributed by atoms with Gasteiger partial charge in [0.2, 0.25) is 5.91 Å². The molecule has 0 aliphatic heterocycles. The summed E-state index contributed by atoms with van der Waals surface area (Å²) in [6.07, 6.45) is 1.97. The lowest BCUT2D eigenvalue weighted by Crippen LogP contribution is -2.38. The number of carbonyl (C=O) groups is 3. The van der Waals surface area contributed by atoms with E-state index in [0.717, 1.165) is 17.3 Å². The summed E-state index contributed by atoms with van der Waals surface area (Å²) in [5.41, 5.74) is 0.905. The van der Waals surface area contributed by atoms with Gasteiger partial charge in [-0.3, -0.25) is 14.4 Å². The van der Waals surface area contributed by atoms with Gasteiger partial charge in [-0.15, -0.1) is 0 Å². The molecule has 0 atom stereocenters. The maximum Gasteiger partial charge on any atom is 0.262 e. The Morgan fingerprint density at radius 2 is 1.71 bits per heavy atom. The minimum absolute atomic E-state index is 0.103. The number of amides is 3. The van der Waals surface area contributed by atoms with Crippen LogP contribution in [-0.2, 0) is 9.59 Å². The van der Waals surface area contributed by atoms with Gasteiger partial charge in [-0.25, -0.2) is 0 Å². The van der Waals surface area contributed by atoms with Gasteiger partial charge in [-0.2, -0.15) is 0 Å². The number of hydrogen-bond donors (Lipinski definition) is 3. The molecule has 0 radical (unpaired) electrons. The number of para-hydroxylation sites is 1. The van der Waals surface area contributed by atoms with E-state index in [-0.39, 0.29) is 42.3 Å². The molecule has 0 unspecified atom stereocenters. The van der Waals surface area contributed by atoms with Crippen molar-refractivity contribution in [2.45, 2.75) is 18.9 Å². The SMILES string of the molecule is O=C(COc1ccccc1C(=O)NCC(=O)NC1CC1)Nc1ccc(Br)cc1. The van der Waals surface area contributed by atoms with Gasteiger partial charge in [0.25, 0.3) is 11.8 Å². The van der Waals surface area contributed by atoms with E-state index in [9.17, 15) is 14.4 Å². The molecule has 0 heterocycles. The zero-order valence-electron chi connectivity index (χ0n) is 15.0. The maximum atomic E-state index is 12.4. The van der Waals surface area contributed by atoms with Crippen molar-refractivity contribution in [3.8, 4) is 5.75 Å². The summed E-state index contributed by atoms with van der Waals surface area (Å²) in [4.78, 5) is 36.1. The largest absolute Gasteiger partial charge is 0.483 e. The average Bonchev–Trinajstić information content (AvgIpc) is 3.50. The van der Waals surface area contributed by atoms with Crippen LogP contribution < -0.4 is 20.7 Å². The van der Waals surface area contributed by atoms with Crippen LogP contribution in [0.2, 0.25) is 0 Å². The fraction of sp³-hybridized carbons (Fsp3) is 0.250. The summed E-state index contributed by atoms with van der Waals surface area (Å²) in [5, 5.41) is 8.08. The Morgan fingerprint density at radius 1 is 1.00 bits per heavy atom. The number of carbonyl (C=O) groups excluding carboxylic acids is 3. The molecule has 28 heavy (non-hydrogen) atoms. The van der Waals surface area contributed by atoms with Crippen molar-refractivity contribution in [3.05, 3.63) is 58.6 Å². The Labute approximate surface area is 171 Å². The second-order valence-corrected chi connectivity index (χ2v) is 7.28. The topological polar surface area (TPSA) is 96.5 Å². The number of benzene rings is 2. The van der Waals surface area contributed by atoms with Crippen LogP contribution in [0, 0.1) is 0 Å². The van der Waals surface area contributed by atoms with Crippen molar-refractivity contribution in [1.29, 1.82) is 0 Å². The Morgan fingerprint density at radius 3 is 2.43 bits per heavy atom. The first-order valence-corrected chi connectivity index (χ1v) is 9.65. The van der Waals surface area contributed by atoms with E-state index in [4.69, 9.17) is 4.74 Å². The first-order chi connectivity index (χ1) is 13.5. The number of rotatable bonds is 8. The molecule has 1 aliphatic rings. The van der Waals surface area contributed by atoms with Crippen LogP contribution in [0.25, 0.3) is 0 Å². The molecule has 0 spiro atoms. The van der Waals surface area contributed by atoms with Crippen LogP contribution in [-0.4, -0.2) is 36.9 Å². The zero-order valence-corrected chi connectivity index (χ0v) is 16.6. The van der Waals surface area contributed by atoms with Crippen LogP contribution >= 0.6 is 15.9 Å². The number of halogens is 1. The summed E-state index contributed by atoms with van der Waals surface area (Å²) < 4.78 is 6.42. The van der Waals surface area contributed by atoms with Crippen molar-refractivity contribution < 1.29 is 19.1 Å². The third kappa shape index (κ3) is 6.09. The standard InChI is InChI=1S/C20H20BrN3O4/c21-13-5-7-14(8-6-13)24-19(26)12-28-17-4-2-1-3-16(17)20(27)22-11-18(25)23-15-9-10-15/h1-8,15H,9-12H2,(H,22,27)(H,23,25)(H,24,26). The van der Waals surface area contributed by atoms with Gasteiger partial charge in [0.05, 0.1) is 12.1 Å². The van der Waals surface area contributed by atoms with Crippen LogP contribution in [0.15, 0.2) is 53.0 Å². The highest BCUT2D eigenvalue weighted by atomic mass is 79.9. The molecule has 3 N–H and O–H groups in total. The van der Waals surface area contributed by atoms with Gasteiger partial charge in [-0.1, -0.05) is 28.1 Å². The minimum atomic E-state index is -0.435. The average molecular weight is 446 g/mol. The minimum Gasteiger partial charge on any atom is -0.483 e. The van der Waals surface area contributed by atoms with Crippen molar-refractivity contribution in [3.63, 3.8) is 0 Å². The molecule has 1 fully saturated rings. The smallest absolute Gasteiger partial charge is 0.262 e. The highest BCUT2D eigenvalue weighted by Gasteiger charge is 2.23. The summed E-state index contributed by atoms with van der Waals surface area (Å²) in [7, 11) is 0. The molecule has 3 amide bonds. The van der Waals surface area contributed by atoms with E-state index < -0.39 is 5.91 Å². The first-order valence-electron chi connectivity index (χ1n) is 8.86. The van der Waals surface area contributed by atoms with Crippen molar-refractivity contribution in [2.75, 3.05) is 18.5 Å². The number of ether oxygens (including phenoxy) is 1. The number of anilines is 1. The highest BCUT2D eigenvalue weighted by Crippen LogP contribution is 2.19. The number of nitrogens with one attached hydrogen (secondary N) is 3. The highest BCUT2D eigenvalue weighted by molar-refractivity contribution is 9.10. The first kappa shape index (κ1) is 19.9. The van der Waals surface area contributed by atoms with Gasteiger partial charge in [0, 0.05) is 16.2 Å². The quantitative estimate of drug-likeness (QED) is 0.581. The Hall–Kier alpha value is -2.87. The van der Waals surface area contributed by atoms with Gasteiger partial charge in [0.15, 0.2) is 6.61 Å². The van der Waals surface area contributed by atoms with Crippen LogP contribution in [0.4, 0.5) is 5.69 Å². The van der Waals surface area contributed by atoms with Gasteiger partial charge in [0.1, 0.15) is 5.75 Å². The Kier molecular flexibility index (Phi) is 6.65. The number of hydrogen-bond acceptors (Lipinski definition) is 4. The summed E-state index contributed by atoms with van der Waals surface area (Å²) in [6.45, 7) is -0.351. The monoisotopic (exact) mass is 445 g/mol. The molecule has 3 rings (SSSR count). The van der Waals surface area contributed by atoms with Crippen molar-refractivity contribution in [1.82, 2.24) is 10.6 Å². The lowest BCUT2D eigenvalue weighted by molar-refractivity contribution is -0.120. The lowest BCUT2D eigenvalue weighted by atomic mass is 10.2. The predicted octanol–water partition coefficient (Wildman–Crippen LogP) is 2.47. The van der Waals surface area contributed by atoms with E-state index in [1.54, 1.807) is 36.4 Å². The molecule has 8 heteroatoms. The van der Waals surface area contributed by atoms with Crippen LogP contribution in [0.1, 0.15) is 23.2 Å². The molecule has 7 nitrogen and oxygen atoms in total. The Bertz CT molecular complexity index is 866. The summed E-state index contributed by atoms with van der Waals surface area (Å²) >= 11 is 3.33. The van der Waals surface area contributed by atoms with Crippen molar-refractivity contribution in [2.24, 2.45) is 0 Å². The second-order valence-electron chi connectivity index (χ2n) is 6.36. The molecule has 2 aromatic rings. The molecule has 2 aromatic carbocycles. The summed E-state index contributed by atoms with van der Waals surface area (Å²) in [5.74, 6) is -0.729. The van der Waals surface area contributed by atoms with E-state index in [0.29, 0.717) is 5.69 Å². The molecular formula is C20H20BrN3O4. The fourth-order valence-electron chi connectivity index (χ4n) is 2.42. The van der Waals surface area contributed by atoms with E-state index in [1.165, 1.54) is 0 Å². The normalized spacial score (nSPS) is 12.8. The lowest BCUT2D eigenvalue weighted by Gasteiger charge is -2.12. The zero-order chi connectivity index (χ0) is 19.9. The predicted molar refractivity (Wildman–Crippen MR) is 108 cm³/mol. The molecule has 1 aliphatic carbocycles. The molecular weight excluding hydrogens is 426 g/mol. The van der Waals surface area contributed by atoms with E-state index in [2.05, 4.69) is 31.9 Å². The maximum absolute atomic E-state index is 12.4. The molecule has 0 aromatic heterocycles. The Balaban J connectivity index is 1.52. The molecule has 0 saturated heterocycles. The van der Waals surface area contributed by atoms with Crippen molar-refractivity contribution >= 4 is 39.3 Å². The molecule has 1 saturated carbocycles.